The van der Waals surface area contributed by atoms with Gasteiger partial charge in [0.25, 0.3) is 0 Å². The van der Waals surface area contributed by atoms with Crippen molar-refractivity contribution in [3.8, 4) is 5.75 Å². The molecule has 130 valence electrons. The van der Waals surface area contributed by atoms with Crippen LogP contribution in [0.1, 0.15) is 39.5 Å². The van der Waals surface area contributed by atoms with Gasteiger partial charge in [-0.25, -0.2) is 4.57 Å². The number of benzene rings is 2. The van der Waals surface area contributed by atoms with Crippen molar-refractivity contribution in [1.29, 1.82) is 0 Å². The van der Waals surface area contributed by atoms with E-state index in [9.17, 15) is 4.57 Å². The summed E-state index contributed by atoms with van der Waals surface area (Å²) in [7, 11) is -3.56. The molecule has 0 N–H and O–H groups in total. The van der Waals surface area contributed by atoms with Crippen LogP contribution in [0.15, 0.2) is 42.5 Å². The molecule has 4 nitrogen and oxygen atoms in total. The van der Waals surface area contributed by atoms with Crippen LogP contribution in [0.3, 0.4) is 0 Å². The number of hydrogen-bond acceptors (Lipinski definition) is 4. The van der Waals surface area contributed by atoms with Crippen molar-refractivity contribution >= 4 is 18.6 Å². The third-order valence-electron chi connectivity index (χ3n) is 4.83. The molecule has 24 heavy (non-hydrogen) atoms. The van der Waals surface area contributed by atoms with E-state index in [1.807, 2.05) is 36.4 Å². The maximum Gasteiger partial charge on any atom is 0.530 e. The van der Waals surface area contributed by atoms with Gasteiger partial charge >= 0.3 is 7.82 Å². The third-order valence-corrected chi connectivity index (χ3v) is 6.14. The van der Waals surface area contributed by atoms with Crippen LogP contribution in [-0.2, 0) is 13.6 Å². The Balaban J connectivity index is 1.75. The van der Waals surface area contributed by atoms with Crippen LogP contribution in [0, 0.1) is 5.41 Å². The quantitative estimate of drug-likeness (QED) is 0.604. The number of phosphoric ester groups is 1. The van der Waals surface area contributed by atoms with Gasteiger partial charge < -0.3 is 4.52 Å². The largest absolute Gasteiger partial charge is 0.530 e. The van der Waals surface area contributed by atoms with Crippen molar-refractivity contribution in [3.05, 3.63) is 42.5 Å². The average Bonchev–Trinajstić information content (AvgIpc) is 2.62. The molecule has 1 aliphatic heterocycles. The summed E-state index contributed by atoms with van der Waals surface area (Å²) in [4.78, 5) is 0. The zero-order valence-electron chi connectivity index (χ0n) is 14.4. The molecule has 2 aromatic rings. The molecule has 1 heterocycles. The van der Waals surface area contributed by atoms with Crippen LogP contribution in [0.2, 0.25) is 0 Å². The molecule has 3 rings (SSSR count). The second-order valence-electron chi connectivity index (χ2n) is 6.52. The molecule has 2 aromatic carbocycles. The molecule has 0 spiro atoms. The summed E-state index contributed by atoms with van der Waals surface area (Å²) >= 11 is 0. The Labute approximate surface area is 143 Å². The number of hydrogen-bond donors (Lipinski definition) is 0. The van der Waals surface area contributed by atoms with Gasteiger partial charge in [-0.15, -0.1) is 0 Å². The topological polar surface area (TPSA) is 44.8 Å². The lowest BCUT2D eigenvalue weighted by Gasteiger charge is -2.38. The molecule has 0 aromatic heterocycles. The van der Waals surface area contributed by atoms with Crippen LogP contribution in [0.25, 0.3) is 10.8 Å². The Morgan fingerprint density at radius 2 is 1.79 bits per heavy atom. The Bertz CT molecular complexity index is 726. The van der Waals surface area contributed by atoms with Crippen LogP contribution in [0.5, 0.6) is 5.75 Å². The van der Waals surface area contributed by atoms with Crippen molar-refractivity contribution in [3.63, 3.8) is 0 Å². The molecule has 1 aliphatic rings. The lowest BCUT2D eigenvalue weighted by atomic mass is 9.82. The number of phosphoric acid groups is 1. The molecule has 1 saturated heterocycles. The van der Waals surface area contributed by atoms with E-state index in [4.69, 9.17) is 13.6 Å². The highest BCUT2D eigenvalue weighted by molar-refractivity contribution is 7.49. The first kappa shape index (κ1) is 17.5. The number of fused-ring (bicyclic) bond motifs is 1. The van der Waals surface area contributed by atoms with Gasteiger partial charge in [0.05, 0.1) is 13.2 Å². The summed E-state index contributed by atoms with van der Waals surface area (Å²) in [6.07, 6.45) is 4.22. The fourth-order valence-electron chi connectivity index (χ4n) is 3.04. The molecule has 0 bridgehead atoms. The van der Waals surface area contributed by atoms with Crippen LogP contribution in [-0.4, -0.2) is 13.2 Å². The van der Waals surface area contributed by atoms with Gasteiger partial charge in [0.2, 0.25) is 0 Å². The van der Waals surface area contributed by atoms with Gasteiger partial charge in [0, 0.05) is 10.8 Å². The summed E-state index contributed by atoms with van der Waals surface area (Å²) in [5.41, 5.74) is -0.0496. The molecule has 0 radical (unpaired) electrons. The van der Waals surface area contributed by atoms with E-state index < -0.39 is 7.82 Å². The van der Waals surface area contributed by atoms with Crippen molar-refractivity contribution in [1.82, 2.24) is 0 Å². The summed E-state index contributed by atoms with van der Waals surface area (Å²) in [6, 6.07) is 13.5. The Morgan fingerprint density at radius 3 is 2.50 bits per heavy atom. The molecule has 1 fully saturated rings. The molecule has 5 heteroatoms. The average molecular weight is 348 g/mol. The molecule has 0 unspecified atom stereocenters. The first-order chi connectivity index (χ1) is 11.6. The first-order valence-electron chi connectivity index (χ1n) is 8.66. The summed E-state index contributed by atoms with van der Waals surface area (Å²) in [5, 5.41) is 1.94. The molecule has 0 aliphatic carbocycles. The highest BCUT2D eigenvalue weighted by atomic mass is 31.2. The minimum absolute atomic E-state index is 0.0496. The van der Waals surface area contributed by atoms with E-state index in [1.54, 1.807) is 6.07 Å². The molecule has 0 amide bonds. The van der Waals surface area contributed by atoms with Gasteiger partial charge in [-0.2, -0.15) is 0 Å². The normalized spacial score (nSPS) is 27.2. The summed E-state index contributed by atoms with van der Waals surface area (Å²) < 4.78 is 29.8. The van der Waals surface area contributed by atoms with Crippen LogP contribution in [0.4, 0.5) is 0 Å². The maximum atomic E-state index is 12.9. The molecule has 0 atom stereocenters. The number of rotatable bonds is 6. The minimum atomic E-state index is -3.56. The second kappa shape index (κ2) is 7.26. The first-order valence-corrected chi connectivity index (χ1v) is 10.1. The lowest BCUT2D eigenvalue weighted by molar-refractivity contribution is -0.0114. The highest BCUT2D eigenvalue weighted by Crippen LogP contribution is 2.56. The van der Waals surface area contributed by atoms with Gasteiger partial charge in [0.15, 0.2) is 0 Å². The standard InChI is InChI=1S/C19H25O4P/c1-3-5-13-19(4-2)14-21-24(20,22-15-19)23-18-12-8-10-16-9-6-7-11-17(16)18/h6-12H,3-5,13-15H2,1-2H3. The SMILES string of the molecule is CCCCC1(CC)COP(=O)(Oc2cccc3ccccc23)OC1. The van der Waals surface area contributed by atoms with Gasteiger partial charge in [-0.3, -0.25) is 9.05 Å². The fraction of sp³-hybridized carbons (Fsp3) is 0.474. The van der Waals surface area contributed by atoms with E-state index in [0.717, 1.165) is 36.5 Å². The Hall–Kier alpha value is -1.35. The highest BCUT2D eigenvalue weighted by Gasteiger charge is 2.43. The lowest BCUT2D eigenvalue weighted by Crippen LogP contribution is -2.35. The predicted octanol–water partition coefficient (Wildman–Crippen LogP) is 5.96. The zero-order chi connectivity index (χ0) is 17.0. The number of unbranched alkanes of at least 4 members (excludes halogenated alkanes) is 1. The van der Waals surface area contributed by atoms with Gasteiger partial charge in [0.1, 0.15) is 5.75 Å². The van der Waals surface area contributed by atoms with Crippen molar-refractivity contribution in [2.75, 3.05) is 13.2 Å². The minimum Gasteiger partial charge on any atom is -0.403 e. The maximum absolute atomic E-state index is 12.9. The Kier molecular flexibility index (Phi) is 5.29. The van der Waals surface area contributed by atoms with E-state index in [2.05, 4.69) is 13.8 Å². The zero-order valence-corrected chi connectivity index (χ0v) is 15.3. The summed E-state index contributed by atoms with van der Waals surface area (Å²) in [6.45, 7) is 5.14. The Morgan fingerprint density at radius 1 is 1.08 bits per heavy atom. The van der Waals surface area contributed by atoms with E-state index in [0.29, 0.717) is 19.0 Å². The van der Waals surface area contributed by atoms with Crippen molar-refractivity contribution < 1.29 is 18.1 Å². The molecular formula is C19H25O4P. The monoisotopic (exact) mass is 348 g/mol. The smallest absolute Gasteiger partial charge is 0.403 e. The van der Waals surface area contributed by atoms with Crippen molar-refractivity contribution in [2.45, 2.75) is 39.5 Å². The van der Waals surface area contributed by atoms with E-state index in [1.165, 1.54) is 0 Å². The molecular weight excluding hydrogens is 323 g/mol. The third kappa shape index (κ3) is 3.66. The van der Waals surface area contributed by atoms with E-state index >= 15 is 0 Å². The molecule has 0 saturated carbocycles. The van der Waals surface area contributed by atoms with Crippen LogP contribution >= 0.6 is 7.82 Å². The predicted molar refractivity (Wildman–Crippen MR) is 96.3 cm³/mol. The second-order valence-corrected chi connectivity index (χ2v) is 8.11. The van der Waals surface area contributed by atoms with Crippen LogP contribution < -0.4 is 4.52 Å². The fourth-order valence-corrected chi connectivity index (χ4v) is 4.48. The van der Waals surface area contributed by atoms with Gasteiger partial charge in [-0.05, 0) is 24.3 Å². The summed E-state index contributed by atoms with van der Waals surface area (Å²) in [5.74, 6) is 0.536. The van der Waals surface area contributed by atoms with Gasteiger partial charge in [-0.1, -0.05) is 63.1 Å². The van der Waals surface area contributed by atoms with Crippen molar-refractivity contribution in [2.24, 2.45) is 5.41 Å². The van der Waals surface area contributed by atoms with E-state index in [-0.39, 0.29) is 5.41 Å².